The average molecular weight is 205 g/mol. The molecule has 2 rings (SSSR count). The van der Waals surface area contributed by atoms with E-state index in [2.05, 4.69) is 14.9 Å². The molecule has 4 heteroatoms. The largest absolute Gasteiger partial charge is 0.303 e. The van der Waals surface area contributed by atoms with Crippen LogP contribution in [0, 0.1) is 5.92 Å². The third-order valence-electron chi connectivity index (χ3n) is 2.81. The number of likely N-dealkylation sites (tertiary alicyclic amines) is 1. The lowest BCUT2D eigenvalue weighted by molar-refractivity contribution is -0.112. The number of piperidine rings is 1. The molecule has 4 nitrogen and oxygen atoms in total. The monoisotopic (exact) mass is 205 g/mol. The highest BCUT2D eigenvalue weighted by molar-refractivity contribution is 5.53. The second-order valence-corrected chi connectivity index (χ2v) is 3.91. The zero-order chi connectivity index (χ0) is 10.5. The van der Waals surface area contributed by atoms with E-state index in [1.54, 1.807) is 12.4 Å². The van der Waals surface area contributed by atoms with Crippen molar-refractivity contribution >= 4 is 6.29 Å². The summed E-state index contributed by atoms with van der Waals surface area (Å²) in [5.74, 6) is 1.12. The Kier molecular flexibility index (Phi) is 3.40. The van der Waals surface area contributed by atoms with Crippen LogP contribution in [0.5, 0.6) is 0 Å². The van der Waals surface area contributed by atoms with E-state index in [0.29, 0.717) is 0 Å². The van der Waals surface area contributed by atoms with Crippen LogP contribution in [0.15, 0.2) is 18.5 Å². The van der Waals surface area contributed by atoms with E-state index < -0.39 is 0 Å². The van der Waals surface area contributed by atoms with Crippen LogP contribution in [0.2, 0.25) is 0 Å². The molecular weight excluding hydrogens is 190 g/mol. The van der Waals surface area contributed by atoms with Gasteiger partial charge in [0.2, 0.25) is 0 Å². The lowest BCUT2D eigenvalue weighted by atomic mass is 9.99. The molecular formula is C11H15N3O. The van der Waals surface area contributed by atoms with E-state index >= 15 is 0 Å². The molecule has 1 saturated heterocycles. The van der Waals surface area contributed by atoms with E-state index in [9.17, 15) is 4.79 Å². The van der Waals surface area contributed by atoms with Crippen molar-refractivity contribution in [3.8, 4) is 0 Å². The average Bonchev–Trinajstić information content (AvgIpc) is 2.31. The van der Waals surface area contributed by atoms with Crippen molar-refractivity contribution in [2.75, 3.05) is 13.1 Å². The molecule has 0 saturated carbocycles. The van der Waals surface area contributed by atoms with Crippen molar-refractivity contribution in [3.63, 3.8) is 0 Å². The standard InChI is InChI=1S/C11H15N3O/c15-9-10-2-6-14(7-3-10)8-11-12-4-1-5-13-11/h1,4-5,9-10H,2-3,6-8H2. The fourth-order valence-corrected chi connectivity index (χ4v) is 1.86. The highest BCUT2D eigenvalue weighted by Gasteiger charge is 2.18. The maximum atomic E-state index is 10.6. The van der Waals surface area contributed by atoms with Gasteiger partial charge in [-0.3, -0.25) is 4.90 Å². The minimum Gasteiger partial charge on any atom is -0.303 e. The van der Waals surface area contributed by atoms with Crippen molar-refractivity contribution in [1.29, 1.82) is 0 Å². The molecule has 1 aromatic heterocycles. The maximum Gasteiger partial charge on any atom is 0.142 e. The number of aromatic nitrogens is 2. The normalized spacial score (nSPS) is 18.9. The van der Waals surface area contributed by atoms with Gasteiger partial charge in [0.05, 0.1) is 6.54 Å². The highest BCUT2D eigenvalue weighted by atomic mass is 16.1. The second-order valence-electron chi connectivity index (χ2n) is 3.91. The molecule has 0 spiro atoms. The Labute approximate surface area is 89.3 Å². The first-order valence-electron chi connectivity index (χ1n) is 5.32. The molecule has 0 bridgehead atoms. The summed E-state index contributed by atoms with van der Waals surface area (Å²) in [7, 11) is 0. The molecule has 1 aliphatic heterocycles. The number of carbonyl (C=O) groups excluding carboxylic acids is 1. The van der Waals surface area contributed by atoms with Gasteiger partial charge in [-0.2, -0.15) is 0 Å². The first-order chi connectivity index (χ1) is 7.38. The third kappa shape index (κ3) is 2.83. The summed E-state index contributed by atoms with van der Waals surface area (Å²) in [4.78, 5) is 21.3. The lowest BCUT2D eigenvalue weighted by Gasteiger charge is -2.28. The molecule has 0 unspecified atom stereocenters. The van der Waals surface area contributed by atoms with Gasteiger partial charge in [0.25, 0.3) is 0 Å². The first kappa shape index (κ1) is 10.2. The molecule has 0 N–H and O–H groups in total. The summed E-state index contributed by atoms with van der Waals surface area (Å²) in [6, 6.07) is 1.82. The fourth-order valence-electron chi connectivity index (χ4n) is 1.86. The quantitative estimate of drug-likeness (QED) is 0.687. The maximum absolute atomic E-state index is 10.6. The van der Waals surface area contributed by atoms with Crippen LogP contribution >= 0.6 is 0 Å². The Balaban J connectivity index is 1.85. The van der Waals surface area contributed by atoms with Gasteiger partial charge in [-0.05, 0) is 32.0 Å². The van der Waals surface area contributed by atoms with Crippen molar-refractivity contribution in [1.82, 2.24) is 14.9 Å². The van der Waals surface area contributed by atoms with Crippen molar-refractivity contribution in [2.45, 2.75) is 19.4 Å². The van der Waals surface area contributed by atoms with E-state index in [0.717, 1.165) is 44.6 Å². The minimum absolute atomic E-state index is 0.262. The van der Waals surface area contributed by atoms with Crippen LogP contribution in [0.25, 0.3) is 0 Å². The molecule has 0 radical (unpaired) electrons. The smallest absolute Gasteiger partial charge is 0.142 e. The van der Waals surface area contributed by atoms with Gasteiger partial charge in [0, 0.05) is 18.3 Å². The van der Waals surface area contributed by atoms with Crippen LogP contribution in [-0.2, 0) is 11.3 Å². The summed E-state index contributed by atoms with van der Waals surface area (Å²) in [6.45, 7) is 2.75. The number of rotatable bonds is 3. The summed E-state index contributed by atoms with van der Waals surface area (Å²) >= 11 is 0. The second kappa shape index (κ2) is 4.98. The van der Waals surface area contributed by atoms with Crippen molar-refractivity contribution in [3.05, 3.63) is 24.3 Å². The van der Waals surface area contributed by atoms with E-state index in [4.69, 9.17) is 0 Å². The summed E-state index contributed by atoms with van der Waals surface area (Å²) in [5, 5.41) is 0. The minimum atomic E-state index is 0.262. The summed E-state index contributed by atoms with van der Waals surface area (Å²) in [5.41, 5.74) is 0. The van der Waals surface area contributed by atoms with Gasteiger partial charge in [0.15, 0.2) is 0 Å². The van der Waals surface area contributed by atoms with Crippen LogP contribution in [0.3, 0.4) is 0 Å². The van der Waals surface area contributed by atoms with Crippen LogP contribution in [0.4, 0.5) is 0 Å². The zero-order valence-electron chi connectivity index (χ0n) is 8.67. The predicted octanol–water partition coefficient (Wildman–Crippen LogP) is 0.888. The predicted molar refractivity (Wildman–Crippen MR) is 56.1 cm³/mol. The molecule has 0 amide bonds. The van der Waals surface area contributed by atoms with E-state index in [-0.39, 0.29) is 5.92 Å². The van der Waals surface area contributed by atoms with Gasteiger partial charge in [0.1, 0.15) is 12.1 Å². The molecule has 0 aromatic carbocycles. The van der Waals surface area contributed by atoms with Crippen LogP contribution < -0.4 is 0 Å². The SMILES string of the molecule is O=CC1CCN(Cc2ncccn2)CC1. The number of nitrogens with zero attached hydrogens (tertiary/aromatic N) is 3. The van der Waals surface area contributed by atoms with Crippen LogP contribution in [-0.4, -0.2) is 34.2 Å². The Morgan fingerprint density at radius 1 is 1.33 bits per heavy atom. The van der Waals surface area contributed by atoms with Gasteiger partial charge in [-0.1, -0.05) is 0 Å². The summed E-state index contributed by atoms with van der Waals surface area (Å²) < 4.78 is 0. The number of hydrogen-bond acceptors (Lipinski definition) is 4. The van der Waals surface area contributed by atoms with Gasteiger partial charge in [-0.15, -0.1) is 0 Å². The van der Waals surface area contributed by atoms with Crippen LogP contribution in [0.1, 0.15) is 18.7 Å². The van der Waals surface area contributed by atoms with Crippen molar-refractivity contribution in [2.24, 2.45) is 5.92 Å². The Hall–Kier alpha value is -1.29. The lowest BCUT2D eigenvalue weighted by Crippen LogP contribution is -2.34. The highest BCUT2D eigenvalue weighted by Crippen LogP contribution is 2.15. The van der Waals surface area contributed by atoms with Crippen molar-refractivity contribution < 1.29 is 4.79 Å². The first-order valence-corrected chi connectivity index (χ1v) is 5.32. The molecule has 1 fully saturated rings. The Morgan fingerprint density at radius 2 is 2.00 bits per heavy atom. The zero-order valence-corrected chi connectivity index (χ0v) is 8.67. The molecule has 80 valence electrons. The Morgan fingerprint density at radius 3 is 2.60 bits per heavy atom. The number of hydrogen-bond donors (Lipinski definition) is 0. The Bertz CT molecular complexity index is 307. The summed E-state index contributed by atoms with van der Waals surface area (Å²) in [6.07, 6.45) is 6.55. The van der Waals surface area contributed by atoms with Gasteiger partial charge >= 0.3 is 0 Å². The van der Waals surface area contributed by atoms with Gasteiger partial charge in [-0.25, -0.2) is 9.97 Å². The fraction of sp³-hybridized carbons (Fsp3) is 0.545. The molecule has 15 heavy (non-hydrogen) atoms. The molecule has 0 aliphatic carbocycles. The number of aldehydes is 1. The molecule has 1 aromatic rings. The van der Waals surface area contributed by atoms with Gasteiger partial charge < -0.3 is 4.79 Å². The molecule has 0 atom stereocenters. The van der Waals surface area contributed by atoms with E-state index in [1.807, 2.05) is 6.07 Å². The molecule has 2 heterocycles. The van der Waals surface area contributed by atoms with E-state index in [1.165, 1.54) is 0 Å². The molecule has 1 aliphatic rings. The topological polar surface area (TPSA) is 46.1 Å². The third-order valence-corrected chi connectivity index (χ3v) is 2.81. The number of carbonyl (C=O) groups is 1.